The molecule has 2 heterocycles. The molecule has 0 bridgehead atoms. The molecule has 1 atom stereocenters. The van der Waals surface area contributed by atoms with Crippen molar-refractivity contribution in [2.75, 3.05) is 13.1 Å². The van der Waals surface area contributed by atoms with Crippen molar-refractivity contribution in [2.24, 2.45) is 0 Å². The molecule has 1 aliphatic rings. The van der Waals surface area contributed by atoms with Gasteiger partial charge in [-0.2, -0.15) is 0 Å². The molecule has 0 N–H and O–H groups in total. The average molecular weight is 261 g/mol. The number of fused-ring (bicyclic) bond motifs is 1. The zero-order valence-corrected chi connectivity index (χ0v) is 11.1. The molecule has 2 aromatic rings. The Bertz CT molecular complexity index is 541. The van der Waals surface area contributed by atoms with Crippen molar-refractivity contribution in [3.05, 3.63) is 42.1 Å². The van der Waals surface area contributed by atoms with Crippen LogP contribution in [-0.4, -0.2) is 28.4 Å². The van der Waals surface area contributed by atoms with E-state index in [-0.39, 0.29) is 0 Å². The molecular weight excluding hydrogens is 244 g/mol. The van der Waals surface area contributed by atoms with Crippen molar-refractivity contribution < 1.29 is 0 Å². The highest BCUT2D eigenvalue weighted by atomic mass is 35.5. The number of piperidine rings is 1. The SMILES string of the molecule is ClC1CCCN(Cc2ccc3ncccc3c2)C1. The van der Waals surface area contributed by atoms with E-state index >= 15 is 0 Å². The number of pyridine rings is 1. The first-order valence-corrected chi connectivity index (χ1v) is 6.95. The molecule has 3 heteroatoms. The maximum atomic E-state index is 6.22. The third kappa shape index (κ3) is 2.65. The number of nitrogens with zero attached hydrogens (tertiary/aromatic N) is 2. The minimum Gasteiger partial charge on any atom is -0.298 e. The molecule has 18 heavy (non-hydrogen) atoms. The molecule has 0 saturated carbocycles. The minimum atomic E-state index is 0.320. The van der Waals surface area contributed by atoms with Gasteiger partial charge in [-0.15, -0.1) is 11.6 Å². The zero-order chi connectivity index (χ0) is 12.4. The van der Waals surface area contributed by atoms with Crippen LogP contribution >= 0.6 is 11.6 Å². The highest BCUT2D eigenvalue weighted by molar-refractivity contribution is 6.20. The number of hydrogen-bond acceptors (Lipinski definition) is 2. The molecular formula is C15H17ClN2. The van der Waals surface area contributed by atoms with Gasteiger partial charge in [0, 0.05) is 30.0 Å². The predicted octanol–water partition coefficient (Wildman–Crippen LogP) is 3.44. The van der Waals surface area contributed by atoms with E-state index in [2.05, 4.69) is 34.1 Å². The van der Waals surface area contributed by atoms with Gasteiger partial charge in [-0.3, -0.25) is 9.88 Å². The van der Waals surface area contributed by atoms with Gasteiger partial charge in [0.05, 0.1) is 5.52 Å². The molecule has 1 saturated heterocycles. The Balaban J connectivity index is 1.78. The fraction of sp³-hybridized carbons (Fsp3) is 0.400. The van der Waals surface area contributed by atoms with Crippen molar-refractivity contribution in [1.82, 2.24) is 9.88 Å². The molecule has 1 aromatic carbocycles. The fourth-order valence-electron chi connectivity index (χ4n) is 2.62. The second kappa shape index (κ2) is 5.25. The van der Waals surface area contributed by atoms with E-state index in [4.69, 9.17) is 11.6 Å². The second-order valence-corrected chi connectivity index (χ2v) is 5.62. The van der Waals surface area contributed by atoms with Crippen LogP contribution in [0.2, 0.25) is 0 Å². The summed E-state index contributed by atoms with van der Waals surface area (Å²) in [5, 5.41) is 1.54. The average Bonchev–Trinajstić information content (AvgIpc) is 2.39. The highest BCUT2D eigenvalue weighted by Crippen LogP contribution is 2.19. The predicted molar refractivity (Wildman–Crippen MR) is 75.9 cm³/mol. The van der Waals surface area contributed by atoms with Crippen LogP contribution in [0.15, 0.2) is 36.5 Å². The van der Waals surface area contributed by atoms with Gasteiger partial charge < -0.3 is 0 Å². The Kier molecular flexibility index (Phi) is 3.48. The third-order valence-corrected chi connectivity index (χ3v) is 3.88. The van der Waals surface area contributed by atoms with Crippen LogP contribution in [0.1, 0.15) is 18.4 Å². The van der Waals surface area contributed by atoms with E-state index in [0.717, 1.165) is 31.6 Å². The fourth-order valence-corrected chi connectivity index (χ4v) is 2.97. The summed E-state index contributed by atoms with van der Waals surface area (Å²) in [7, 11) is 0. The van der Waals surface area contributed by atoms with Crippen molar-refractivity contribution in [3.8, 4) is 0 Å². The van der Waals surface area contributed by atoms with Crippen LogP contribution in [0, 0.1) is 0 Å². The largest absolute Gasteiger partial charge is 0.298 e. The molecule has 1 aliphatic heterocycles. The van der Waals surface area contributed by atoms with Crippen molar-refractivity contribution in [1.29, 1.82) is 0 Å². The Hall–Kier alpha value is -1.12. The zero-order valence-electron chi connectivity index (χ0n) is 10.3. The Morgan fingerprint density at radius 3 is 3.17 bits per heavy atom. The van der Waals surface area contributed by atoms with E-state index < -0.39 is 0 Å². The monoisotopic (exact) mass is 260 g/mol. The lowest BCUT2D eigenvalue weighted by molar-refractivity contribution is 0.224. The van der Waals surface area contributed by atoms with Gasteiger partial charge >= 0.3 is 0 Å². The number of hydrogen-bond donors (Lipinski definition) is 0. The summed E-state index contributed by atoms with van der Waals surface area (Å²) in [5.41, 5.74) is 2.41. The lowest BCUT2D eigenvalue weighted by atomic mass is 10.1. The molecule has 2 nitrogen and oxygen atoms in total. The summed E-state index contributed by atoms with van der Waals surface area (Å²) in [6.07, 6.45) is 4.20. The standard InChI is InChI=1S/C15H17ClN2/c16-14-4-2-8-18(11-14)10-12-5-6-15-13(9-12)3-1-7-17-15/h1,3,5-7,9,14H,2,4,8,10-11H2. The van der Waals surface area contributed by atoms with Gasteiger partial charge in [-0.1, -0.05) is 12.1 Å². The van der Waals surface area contributed by atoms with E-state index in [1.807, 2.05) is 12.3 Å². The molecule has 0 radical (unpaired) electrons. The number of likely N-dealkylation sites (tertiary alicyclic amines) is 1. The highest BCUT2D eigenvalue weighted by Gasteiger charge is 2.17. The number of halogens is 1. The Morgan fingerprint density at radius 2 is 2.28 bits per heavy atom. The lowest BCUT2D eigenvalue weighted by Gasteiger charge is -2.29. The van der Waals surface area contributed by atoms with E-state index in [1.54, 1.807) is 0 Å². The summed E-state index contributed by atoms with van der Waals surface area (Å²) < 4.78 is 0. The maximum absolute atomic E-state index is 6.22. The second-order valence-electron chi connectivity index (χ2n) is 5.01. The smallest absolute Gasteiger partial charge is 0.0702 e. The number of alkyl halides is 1. The van der Waals surface area contributed by atoms with Crippen LogP contribution in [0.4, 0.5) is 0 Å². The first-order valence-electron chi connectivity index (χ1n) is 6.51. The van der Waals surface area contributed by atoms with Gasteiger partial charge in [-0.05, 0) is 43.1 Å². The first kappa shape index (κ1) is 11.9. The third-order valence-electron chi connectivity index (χ3n) is 3.52. The van der Waals surface area contributed by atoms with E-state index in [0.29, 0.717) is 5.38 Å². The van der Waals surface area contributed by atoms with Gasteiger partial charge in [0.1, 0.15) is 0 Å². The summed E-state index contributed by atoms with van der Waals surface area (Å²) in [5.74, 6) is 0. The Morgan fingerprint density at radius 1 is 1.33 bits per heavy atom. The lowest BCUT2D eigenvalue weighted by Crippen LogP contribution is -2.35. The van der Waals surface area contributed by atoms with Crippen molar-refractivity contribution in [3.63, 3.8) is 0 Å². The molecule has 1 unspecified atom stereocenters. The molecule has 94 valence electrons. The minimum absolute atomic E-state index is 0.320. The van der Waals surface area contributed by atoms with Gasteiger partial charge in [0.15, 0.2) is 0 Å². The molecule has 1 fully saturated rings. The van der Waals surface area contributed by atoms with Crippen LogP contribution in [0.5, 0.6) is 0 Å². The molecule has 3 rings (SSSR count). The van der Waals surface area contributed by atoms with Crippen LogP contribution in [-0.2, 0) is 6.54 Å². The molecule has 0 amide bonds. The summed E-state index contributed by atoms with van der Waals surface area (Å²) in [6, 6.07) is 10.6. The van der Waals surface area contributed by atoms with Crippen molar-refractivity contribution >= 4 is 22.5 Å². The summed E-state index contributed by atoms with van der Waals surface area (Å²) in [6.45, 7) is 3.16. The van der Waals surface area contributed by atoms with Gasteiger partial charge in [-0.25, -0.2) is 0 Å². The molecule has 1 aromatic heterocycles. The molecule has 0 spiro atoms. The maximum Gasteiger partial charge on any atom is 0.0702 e. The first-order chi connectivity index (χ1) is 8.81. The van der Waals surface area contributed by atoms with Crippen LogP contribution < -0.4 is 0 Å². The van der Waals surface area contributed by atoms with E-state index in [9.17, 15) is 0 Å². The normalized spacial score (nSPS) is 21.3. The topological polar surface area (TPSA) is 16.1 Å². The Labute approximate surface area is 113 Å². The summed E-state index contributed by atoms with van der Waals surface area (Å²) in [4.78, 5) is 6.79. The number of benzene rings is 1. The molecule has 0 aliphatic carbocycles. The van der Waals surface area contributed by atoms with Gasteiger partial charge in [0.2, 0.25) is 0 Å². The van der Waals surface area contributed by atoms with E-state index in [1.165, 1.54) is 17.4 Å². The van der Waals surface area contributed by atoms with Crippen molar-refractivity contribution in [2.45, 2.75) is 24.8 Å². The van der Waals surface area contributed by atoms with Crippen LogP contribution in [0.3, 0.4) is 0 Å². The number of aromatic nitrogens is 1. The number of rotatable bonds is 2. The van der Waals surface area contributed by atoms with Gasteiger partial charge in [0.25, 0.3) is 0 Å². The summed E-state index contributed by atoms with van der Waals surface area (Å²) >= 11 is 6.22. The van der Waals surface area contributed by atoms with Crippen LogP contribution in [0.25, 0.3) is 10.9 Å². The quantitative estimate of drug-likeness (QED) is 0.769.